The maximum Gasteiger partial charge on any atom is 0.435 e. The first kappa shape index (κ1) is 16.6. The quantitative estimate of drug-likeness (QED) is 0.839. The van der Waals surface area contributed by atoms with Crippen LogP contribution in [0.1, 0.15) is 36.5 Å². The van der Waals surface area contributed by atoms with Crippen LogP contribution in [0.5, 0.6) is 0 Å². The lowest BCUT2D eigenvalue weighted by molar-refractivity contribution is -0.142. The standard InChI is InChI=1S/C16H18F3N3O2/c1-10-7-12(10)13-4-3-11(24-13)8-21(2)15(23)9-22-6-5-14(20-22)16(17,18)19/h3-6,10,12H,7-9H2,1-2H3/t10-,12+/m0/s1. The first-order valence-corrected chi connectivity index (χ1v) is 7.67. The normalized spacial score (nSPS) is 20.2. The van der Waals surface area contributed by atoms with Crippen LogP contribution in [0.3, 0.4) is 0 Å². The van der Waals surface area contributed by atoms with Crippen molar-refractivity contribution >= 4 is 5.91 Å². The zero-order chi connectivity index (χ0) is 17.5. The van der Waals surface area contributed by atoms with Crippen LogP contribution in [-0.2, 0) is 24.1 Å². The Bertz CT molecular complexity index is 735. The van der Waals surface area contributed by atoms with Crippen molar-refractivity contribution in [2.24, 2.45) is 5.92 Å². The summed E-state index contributed by atoms with van der Waals surface area (Å²) in [6.45, 7) is 2.18. The number of hydrogen-bond acceptors (Lipinski definition) is 3. The molecule has 0 unspecified atom stereocenters. The Kier molecular flexibility index (Phi) is 4.15. The van der Waals surface area contributed by atoms with E-state index in [-0.39, 0.29) is 19.0 Å². The third-order valence-electron chi connectivity index (χ3n) is 4.20. The van der Waals surface area contributed by atoms with Crippen molar-refractivity contribution < 1.29 is 22.4 Å². The fourth-order valence-corrected chi connectivity index (χ4v) is 2.58. The number of carbonyl (C=O) groups excluding carboxylic acids is 1. The number of alkyl halides is 3. The molecule has 0 aliphatic heterocycles. The smallest absolute Gasteiger partial charge is 0.435 e. The number of furan rings is 1. The number of likely N-dealkylation sites (N-methyl/N-ethyl adjacent to an activating group) is 1. The van der Waals surface area contributed by atoms with Crippen LogP contribution in [0, 0.1) is 5.92 Å². The summed E-state index contributed by atoms with van der Waals surface area (Å²) in [7, 11) is 1.58. The molecule has 2 heterocycles. The Balaban J connectivity index is 1.56. The summed E-state index contributed by atoms with van der Waals surface area (Å²) in [4.78, 5) is 13.5. The van der Waals surface area contributed by atoms with Gasteiger partial charge in [0.05, 0.1) is 6.54 Å². The topological polar surface area (TPSA) is 51.3 Å². The molecule has 2 atom stereocenters. The number of halogens is 3. The van der Waals surface area contributed by atoms with E-state index in [1.807, 2.05) is 12.1 Å². The zero-order valence-electron chi connectivity index (χ0n) is 13.4. The third-order valence-corrected chi connectivity index (χ3v) is 4.20. The number of aromatic nitrogens is 2. The van der Waals surface area contributed by atoms with E-state index in [9.17, 15) is 18.0 Å². The first-order valence-electron chi connectivity index (χ1n) is 7.67. The number of rotatable bonds is 5. The van der Waals surface area contributed by atoms with Gasteiger partial charge in [0.15, 0.2) is 5.69 Å². The van der Waals surface area contributed by atoms with Gasteiger partial charge in [-0.05, 0) is 30.5 Å². The second-order valence-electron chi connectivity index (χ2n) is 6.27. The molecule has 1 amide bonds. The van der Waals surface area contributed by atoms with E-state index < -0.39 is 11.9 Å². The lowest BCUT2D eigenvalue weighted by atomic mass is 10.3. The number of nitrogens with zero attached hydrogens (tertiary/aromatic N) is 3. The molecule has 8 heteroatoms. The molecule has 0 radical (unpaired) electrons. The van der Waals surface area contributed by atoms with E-state index in [4.69, 9.17) is 4.42 Å². The number of hydrogen-bond donors (Lipinski definition) is 0. The van der Waals surface area contributed by atoms with Crippen LogP contribution in [0.4, 0.5) is 13.2 Å². The third kappa shape index (κ3) is 3.63. The van der Waals surface area contributed by atoms with Gasteiger partial charge in [0.1, 0.15) is 18.1 Å². The summed E-state index contributed by atoms with van der Waals surface area (Å²) in [5.74, 6) is 2.34. The Hall–Kier alpha value is -2.25. The van der Waals surface area contributed by atoms with Gasteiger partial charge < -0.3 is 9.32 Å². The average molecular weight is 341 g/mol. The number of amides is 1. The van der Waals surface area contributed by atoms with Gasteiger partial charge in [-0.25, -0.2) is 0 Å². The van der Waals surface area contributed by atoms with E-state index in [0.717, 1.165) is 29.1 Å². The van der Waals surface area contributed by atoms with E-state index in [2.05, 4.69) is 12.0 Å². The molecule has 1 aliphatic rings. The van der Waals surface area contributed by atoms with Crippen LogP contribution in [0.25, 0.3) is 0 Å². The lowest BCUT2D eigenvalue weighted by Crippen LogP contribution is -2.30. The lowest BCUT2D eigenvalue weighted by Gasteiger charge is -2.15. The fourth-order valence-electron chi connectivity index (χ4n) is 2.58. The minimum absolute atomic E-state index is 0.250. The van der Waals surface area contributed by atoms with Gasteiger partial charge >= 0.3 is 6.18 Å². The van der Waals surface area contributed by atoms with Gasteiger partial charge in [0.25, 0.3) is 0 Å². The van der Waals surface area contributed by atoms with Crippen molar-refractivity contribution in [1.29, 1.82) is 0 Å². The minimum Gasteiger partial charge on any atom is -0.464 e. The van der Waals surface area contributed by atoms with Crippen molar-refractivity contribution in [3.05, 3.63) is 41.6 Å². The predicted molar refractivity (Wildman–Crippen MR) is 78.9 cm³/mol. The van der Waals surface area contributed by atoms with Gasteiger partial charge in [-0.2, -0.15) is 18.3 Å². The molecule has 2 aromatic rings. The fraction of sp³-hybridized carbons (Fsp3) is 0.500. The van der Waals surface area contributed by atoms with Gasteiger partial charge in [0.2, 0.25) is 5.91 Å². The molecule has 130 valence electrons. The predicted octanol–water partition coefficient (Wildman–Crippen LogP) is 3.28. The van der Waals surface area contributed by atoms with Crippen LogP contribution < -0.4 is 0 Å². The monoisotopic (exact) mass is 341 g/mol. The first-order chi connectivity index (χ1) is 11.2. The van der Waals surface area contributed by atoms with E-state index in [1.165, 1.54) is 4.90 Å². The van der Waals surface area contributed by atoms with Gasteiger partial charge in [-0.3, -0.25) is 9.48 Å². The van der Waals surface area contributed by atoms with E-state index in [1.54, 1.807) is 7.05 Å². The highest BCUT2D eigenvalue weighted by molar-refractivity contribution is 5.75. The highest BCUT2D eigenvalue weighted by Crippen LogP contribution is 2.47. The maximum absolute atomic E-state index is 12.5. The van der Waals surface area contributed by atoms with E-state index in [0.29, 0.717) is 17.6 Å². The minimum atomic E-state index is -4.51. The summed E-state index contributed by atoms with van der Waals surface area (Å²) >= 11 is 0. The summed E-state index contributed by atoms with van der Waals surface area (Å²) in [5.41, 5.74) is -1.01. The second kappa shape index (κ2) is 5.99. The zero-order valence-corrected chi connectivity index (χ0v) is 13.4. The molecule has 0 spiro atoms. The molecule has 0 bridgehead atoms. The molecular weight excluding hydrogens is 323 g/mol. The van der Waals surface area contributed by atoms with Crippen molar-refractivity contribution in [2.75, 3.05) is 7.05 Å². The van der Waals surface area contributed by atoms with Gasteiger partial charge in [-0.15, -0.1) is 0 Å². The number of carbonyl (C=O) groups is 1. The van der Waals surface area contributed by atoms with Gasteiger partial charge in [0, 0.05) is 19.2 Å². The van der Waals surface area contributed by atoms with Crippen LogP contribution in [-0.4, -0.2) is 27.6 Å². The average Bonchev–Trinajstić information content (AvgIpc) is 2.92. The molecule has 24 heavy (non-hydrogen) atoms. The van der Waals surface area contributed by atoms with Crippen molar-refractivity contribution in [2.45, 2.75) is 38.5 Å². The molecule has 0 N–H and O–H groups in total. The Morgan fingerprint density at radius 2 is 2.12 bits per heavy atom. The van der Waals surface area contributed by atoms with Crippen LogP contribution >= 0.6 is 0 Å². The summed E-state index contributed by atoms with van der Waals surface area (Å²) < 4.78 is 44.2. The Morgan fingerprint density at radius 1 is 1.42 bits per heavy atom. The molecule has 3 rings (SSSR count). The summed E-state index contributed by atoms with van der Waals surface area (Å²) in [5, 5.41) is 3.38. The molecule has 0 saturated heterocycles. The van der Waals surface area contributed by atoms with Crippen molar-refractivity contribution in [3.8, 4) is 0 Å². The largest absolute Gasteiger partial charge is 0.464 e. The molecule has 5 nitrogen and oxygen atoms in total. The van der Waals surface area contributed by atoms with E-state index >= 15 is 0 Å². The molecule has 1 aliphatic carbocycles. The highest BCUT2D eigenvalue weighted by atomic mass is 19.4. The van der Waals surface area contributed by atoms with Crippen molar-refractivity contribution in [3.63, 3.8) is 0 Å². The molecular formula is C16H18F3N3O2. The molecule has 2 aromatic heterocycles. The second-order valence-corrected chi connectivity index (χ2v) is 6.27. The van der Waals surface area contributed by atoms with Crippen LogP contribution in [0.15, 0.2) is 28.8 Å². The molecule has 0 aromatic carbocycles. The summed E-state index contributed by atoms with van der Waals surface area (Å²) in [6.07, 6.45) is -2.25. The molecule has 1 fully saturated rings. The highest BCUT2D eigenvalue weighted by Gasteiger charge is 2.36. The van der Waals surface area contributed by atoms with Gasteiger partial charge in [-0.1, -0.05) is 6.92 Å². The van der Waals surface area contributed by atoms with Crippen molar-refractivity contribution in [1.82, 2.24) is 14.7 Å². The van der Waals surface area contributed by atoms with Crippen LogP contribution in [0.2, 0.25) is 0 Å². The Labute approximate surface area is 137 Å². The maximum atomic E-state index is 12.5. The molecule has 1 saturated carbocycles. The summed E-state index contributed by atoms with van der Waals surface area (Å²) in [6, 6.07) is 4.60. The SMILES string of the molecule is C[C@H]1C[C@H]1c1ccc(CN(C)C(=O)Cn2ccc(C(F)(F)F)n2)o1. The Morgan fingerprint density at radius 3 is 2.71 bits per heavy atom.